The van der Waals surface area contributed by atoms with Crippen LogP contribution in [0.15, 0.2) is 35.7 Å². The van der Waals surface area contributed by atoms with Crippen LogP contribution in [0.2, 0.25) is 0 Å². The van der Waals surface area contributed by atoms with Crippen LogP contribution in [0.4, 0.5) is 4.39 Å². The maximum Gasteiger partial charge on any atom is 0.242 e. The number of benzene rings is 1. The van der Waals surface area contributed by atoms with Gasteiger partial charge in [-0.3, -0.25) is 9.59 Å². The molecule has 0 atom stereocenters. The van der Waals surface area contributed by atoms with Crippen LogP contribution in [0.3, 0.4) is 0 Å². The molecule has 1 aromatic heterocycles. The lowest BCUT2D eigenvalue weighted by Gasteiger charge is -2.35. The van der Waals surface area contributed by atoms with Crippen molar-refractivity contribution < 1.29 is 14.0 Å². The highest BCUT2D eigenvalue weighted by Crippen LogP contribution is 2.25. The van der Waals surface area contributed by atoms with Gasteiger partial charge in [0, 0.05) is 23.9 Å². The Balaban J connectivity index is 1.78. The van der Waals surface area contributed by atoms with Gasteiger partial charge in [-0.25, -0.2) is 4.39 Å². The highest BCUT2D eigenvalue weighted by atomic mass is 32.1. The van der Waals surface area contributed by atoms with Gasteiger partial charge in [0.05, 0.1) is 6.54 Å². The minimum atomic E-state index is -0.286. The van der Waals surface area contributed by atoms with E-state index in [1.807, 2.05) is 15.2 Å². The number of carbonyl (C=O) groups excluding carboxylic acids is 2. The average Bonchev–Trinajstić information content (AvgIpc) is 3.21. The summed E-state index contributed by atoms with van der Waals surface area (Å²) in [5, 5.41) is 2.04. The fourth-order valence-corrected chi connectivity index (χ4v) is 5.23. The van der Waals surface area contributed by atoms with E-state index in [0.717, 1.165) is 54.5 Å². The van der Waals surface area contributed by atoms with E-state index in [-0.39, 0.29) is 30.2 Å². The number of aryl methyl sites for hydroxylation is 1. The fourth-order valence-electron chi connectivity index (χ4n) is 4.31. The quantitative estimate of drug-likeness (QED) is 0.433. The van der Waals surface area contributed by atoms with Gasteiger partial charge >= 0.3 is 0 Å². The molecule has 0 N–H and O–H groups in total. The number of hydrogen-bond donors (Lipinski definition) is 0. The van der Waals surface area contributed by atoms with Crippen molar-refractivity contribution in [1.29, 1.82) is 0 Å². The van der Waals surface area contributed by atoms with Crippen LogP contribution in [-0.4, -0.2) is 34.2 Å². The summed E-state index contributed by atoms with van der Waals surface area (Å²) < 4.78 is 13.4. The molecule has 4 nitrogen and oxygen atoms in total. The number of thiophene rings is 1. The molecule has 2 aromatic rings. The van der Waals surface area contributed by atoms with Crippen molar-refractivity contribution in [3.8, 4) is 0 Å². The lowest BCUT2D eigenvalue weighted by atomic mass is 9.93. The fraction of sp³-hybridized carbons (Fsp3) is 0.538. The van der Waals surface area contributed by atoms with Crippen molar-refractivity contribution >= 4 is 23.2 Å². The van der Waals surface area contributed by atoms with Gasteiger partial charge in [0.1, 0.15) is 12.4 Å². The Morgan fingerprint density at radius 3 is 2.38 bits per heavy atom. The van der Waals surface area contributed by atoms with Crippen LogP contribution in [0.5, 0.6) is 0 Å². The van der Waals surface area contributed by atoms with Gasteiger partial charge in [-0.1, -0.05) is 44.7 Å². The molecule has 1 aromatic carbocycles. The molecule has 6 heteroatoms. The third kappa shape index (κ3) is 6.89. The number of carbonyl (C=O) groups is 2. The largest absolute Gasteiger partial charge is 0.332 e. The summed E-state index contributed by atoms with van der Waals surface area (Å²) in [7, 11) is 0. The minimum Gasteiger partial charge on any atom is -0.332 e. The Bertz CT molecular complexity index is 874. The lowest BCUT2D eigenvalue weighted by molar-refractivity contribution is -0.143. The molecule has 1 fully saturated rings. The third-order valence-corrected chi connectivity index (χ3v) is 7.34. The van der Waals surface area contributed by atoms with Gasteiger partial charge in [0.2, 0.25) is 11.8 Å². The average molecular weight is 459 g/mol. The second kappa shape index (κ2) is 12.1. The standard InChI is InChI=1S/C26H35FN2O2S/c1-3-4-10-25(30)29(23-8-6-5-7-9-23)19-26(31)28(18-24-20(2)15-16-32-24)17-21-11-13-22(27)14-12-21/h11-16,23H,3-10,17-19H2,1-2H3. The molecule has 0 unspecified atom stereocenters. The van der Waals surface area contributed by atoms with E-state index in [4.69, 9.17) is 0 Å². The SMILES string of the molecule is CCCCC(=O)N(CC(=O)N(Cc1ccc(F)cc1)Cc1sccc1C)C1CCCCC1. The zero-order valence-electron chi connectivity index (χ0n) is 19.3. The molecule has 1 saturated carbocycles. The molecule has 0 radical (unpaired) electrons. The van der Waals surface area contributed by atoms with Gasteiger partial charge in [0.25, 0.3) is 0 Å². The van der Waals surface area contributed by atoms with E-state index in [1.54, 1.807) is 23.5 Å². The Hall–Kier alpha value is -2.21. The van der Waals surface area contributed by atoms with Crippen molar-refractivity contribution in [1.82, 2.24) is 9.80 Å². The topological polar surface area (TPSA) is 40.6 Å². The monoisotopic (exact) mass is 458 g/mol. The molecule has 1 aliphatic carbocycles. The van der Waals surface area contributed by atoms with Gasteiger partial charge in [-0.05, 0) is 60.9 Å². The molecule has 174 valence electrons. The summed E-state index contributed by atoms with van der Waals surface area (Å²) >= 11 is 1.64. The zero-order valence-corrected chi connectivity index (χ0v) is 20.1. The Morgan fingerprint density at radius 2 is 1.75 bits per heavy atom. The first-order chi connectivity index (χ1) is 15.5. The molecule has 32 heavy (non-hydrogen) atoms. The molecule has 3 rings (SSSR count). The molecule has 1 aliphatic rings. The molecule has 0 aliphatic heterocycles. The number of halogens is 1. The van der Waals surface area contributed by atoms with Gasteiger partial charge in [-0.15, -0.1) is 11.3 Å². The summed E-state index contributed by atoms with van der Waals surface area (Å²) in [6, 6.07) is 8.52. The van der Waals surface area contributed by atoms with Gasteiger partial charge < -0.3 is 9.80 Å². The number of rotatable bonds is 10. The number of nitrogens with zero attached hydrogens (tertiary/aromatic N) is 2. The highest BCUT2D eigenvalue weighted by Gasteiger charge is 2.29. The van der Waals surface area contributed by atoms with Crippen molar-refractivity contribution in [3.63, 3.8) is 0 Å². The van der Waals surface area contributed by atoms with Crippen LogP contribution in [0, 0.1) is 12.7 Å². The summed E-state index contributed by atoms with van der Waals surface area (Å²) in [5.74, 6) is -0.232. The Morgan fingerprint density at radius 1 is 1.03 bits per heavy atom. The molecule has 1 heterocycles. The first kappa shape index (κ1) is 24.4. The number of hydrogen-bond acceptors (Lipinski definition) is 3. The van der Waals surface area contributed by atoms with Crippen LogP contribution >= 0.6 is 11.3 Å². The van der Waals surface area contributed by atoms with E-state index < -0.39 is 0 Å². The molecule has 2 amide bonds. The smallest absolute Gasteiger partial charge is 0.242 e. The summed E-state index contributed by atoms with van der Waals surface area (Å²) in [6.07, 6.45) is 7.71. The van der Waals surface area contributed by atoms with Crippen LogP contribution < -0.4 is 0 Å². The first-order valence-corrected chi connectivity index (χ1v) is 12.7. The first-order valence-electron chi connectivity index (χ1n) is 11.8. The normalized spacial score (nSPS) is 14.3. The van der Waals surface area contributed by atoms with Gasteiger partial charge in [-0.2, -0.15) is 0 Å². The van der Waals surface area contributed by atoms with E-state index >= 15 is 0 Å². The lowest BCUT2D eigenvalue weighted by Crippen LogP contribution is -2.47. The minimum absolute atomic E-state index is 0.0439. The van der Waals surface area contributed by atoms with Crippen molar-refractivity contribution in [2.45, 2.75) is 84.3 Å². The number of amides is 2. The van der Waals surface area contributed by atoms with Crippen molar-refractivity contribution in [2.24, 2.45) is 0 Å². The molecule has 0 bridgehead atoms. The molecular formula is C26H35FN2O2S. The van der Waals surface area contributed by atoms with E-state index in [0.29, 0.717) is 19.5 Å². The third-order valence-electron chi connectivity index (χ3n) is 6.33. The maximum atomic E-state index is 13.5. The van der Waals surface area contributed by atoms with E-state index in [2.05, 4.69) is 19.9 Å². The highest BCUT2D eigenvalue weighted by molar-refractivity contribution is 7.10. The van der Waals surface area contributed by atoms with Crippen LogP contribution in [0.1, 0.15) is 74.3 Å². The second-order valence-electron chi connectivity index (χ2n) is 8.82. The number of unbranched alkanes of at least 4 members (excludes halogenated alkanes) is 1. The predicted molar refractivity (Wildman–Crippen MR) is 128 cm³/mol. The predicted octanol–water partition coefficient (Wildman–Crippen LogP) is 6.08. The Labute approximate surface area is 195 Å². The molecule has 0 saturated heterocycles. The summed E-state index contributed by atoms with van der Waals surface area (Å²) in [5.41, 5.74) is 2.05. The Kier molecular flexibility index (Phi) is 9.27. The summed E-state index contributed by atoms with van der Waals surface area (Å²) in [6.45, 7) is 5.16. The molecular weight excluding hydrogens is 423 g/mol. The van der Waals surface area contributed by atoms with Crippen LogP contribution in [-0.2, 0) is 22.7 Å². The van der Waals surface area contributed by atoms with Crippen LogP contribution in [0.25, 0.3) is 0 Å². The zero-order chi connectivity index (χ0) is 22.9. The van der Waals surface area contributed by atoms with E-state index in [9.17, 15) is 14.0 Å². The van der Waals surface area contributed by atoms with Crippen molar-refractivity contribution in [2.75, 3.05) is 6.54 Å². The van der Waals surface area contributed by atoms with Gasteiger partial charge in [0.15, 0.2) is 0 Å². The molecule has 0 spiro atoms. The second-order valence-corrected chi connectivity index (χ2v) is 9.82. The van der Waals surface area contributed by atoms with E-state index in [1.165, 1.54) is 18.6 Å². The summed E-state index contributed by atoms with van der Waals surface area (Å²) in [4.78, 5) is 31.4. The van der Waals surface area contributed by atoms with Crippen molar-refractivity contribution in [3.05, 3.63) is 57.5 Å². The maximum absolute atomic E-state index is 13.5.